The Hall–Kier alpha value is -2.19. The highest BCUT2D eigenvalue weighted by Crippen LogP contribution is 2.14. The summed E-state index contributed by atoms with van der Waals surface area (Å²) in [5, 5.41) is 11.6. The number of likely N-dealkylation sites (N-methyl/N-ethyl adjacent to an activating group) is 1. The highest BCUT2D eigenvalue weighted by molar-refractivity contribution is 5.70. The lowest BCUT2D eigenvalue weighted by Crippen LogP contribution is -2.55. The van der Waals surface area contributed by atoms with E-state index in [-0.39, 0.29) is 42.7 Å². The minimum atomic E-state index is -1.13. The fourth-order valence-electron chi connectivity index (χ4n) is 6.57. The van der Waals surface area contributed by atoms with Crippen LogP contribution in [-0.4, -0.2) is 75.5 Å². The fourth-order valence-corrected chi connectivity index (χ4v) is 6.57. The SMILES string of the molecule is CCCCCCCCCC/C=C/C/C=C/CCCCCCCCCC(=O)OC(COCCC(C(=O)[O-])[N+](C)(C)C)COC(=O)CCCCCCCCCC. The van der Waals surface area contributed by atoms with Crippen molar-refractivity contribution in [2.24, 2.45) is 0 Å². The summed E-state index contributed by atoms with van der Waals surface area (Å²) in [7, 11) is 5.40. The van der Waals surface area contributed by atoms with Crippen LogP contribution < -0.4 is 5.11 Å². The van der Waals surface area contributed by atoms with Crippen LogP contribution in [0.15, 0.2) is 24.3 Å². The van der Waals surface area contributed by atoms with Crippen molar-refractivity contribution in [3.8, 4) is 0 Å². The van der Waals surface area contributed by atoms with E-state index in [2.05, 4.69) is 38.2 Å². The number of carboxylic acids is 1. The molecule has 0 fully saturated rings. The number of allylic oxidation sites excluding steroid dienone is 4. The number of esters is 2. The first kappa shape index (κ1) is 51.8. The van der Waals surface area contributed by atoms with Crippen molar-refractivity contribution in [3.05, 3.63) is 24.3 Å². The monoisotopic (exact) mass is 764 g/mol. The number of quaternary nitrogens is 1. The number of nitrogens with zero attached hydrogens (tertiary/aromatic N) is 1. The summed E-state index contributed by atoms with van der Waals surface area (Å²) in [4.78, 5) is 36.7. The van der Waals surface area contributed by atoms with Crippen LogP contribution in [0.5, 0.6) is 0 Å². The first-order valence-corrected chi connectivity index (χ1v) is 22.4. The van der Waals surface area contributed by atoms with E-state index in [9.17, 15) is 19.5 Å². The number of unbranched alkanes of at least 4 members (excludes halogenated alkanes) is 22. The van der Waals surface area contributed by atoms with Crippen LogP contribution in [0.2, 0.25) is 0 Å². The normalized spacial score (nSPS) is 13.1. The topological polar surface area (TPSA) is 102 Å². The minimum absolute atomic E-state index is 0.0406. The van der Waals surface area contributed by atoms with Gasteiger partial charge < -0.3 is 28.6 Å². The molecule has 316 valence electrons. The molecule has 0 spiro atoms. The lowest BCUT2D eigenvalue weighted by Gasteiger charge is -2.34. The van der Waals surface area contributed by atoms with Crippen molar-refractivity contribution in [2.45, 2.75) is 212 Å². The molecule has 2 unspecified atom stereocenters. The van der Waals surface area contributed by atoms with Gasteiger partial charge in [-0.05, 0) is 44.9 Å². The number of hydrogen-bond donors (Lipinski definition) is 0. The van der Waals surface area contributed by atoms with Crippen molar-refractivity contribution in [3.63, 3.8) is 0 Å². The maximum Gasteiger partial charge on any atom is 0.306 e. The molecule has 0 aromatic carbocycles. The number of carboxylic acid groups (broad SMARTS) is 1. The van der Waals surface area contributed by atoms with Gasteiger partial charge in [-0.1, -0.05) is 160 Å². The van der Waals surface area contributed by atoms with E-state index in [1.54, 1.807) is 21.1 Å². The molecule has 0 aliphatic rings. The van der Waals surface area contributed by atoms with Gasteiger partial charge in [0.2, 0.25) is 0 Å². The summed E-state index contributed by atoms with van der Waals surface area (Å²) >= 11 is 0. The van der Waals surface area contributed by atoms with Crippen LogP contribution in [0.3, 0.4) is 0 Å². The maximum absolute atomic E-state index is 12.7. The van der Waals surface area contributed by atoms with Crippen LogP contribution >= 0.6 is 0 Å². The Morgan fingerprint density at radius 1 is 0.556 bits per heavy atom. The van der Waals surface area contributed by atoms with E-state index in [1.165, 1.54) is 116 Å². The van der Waals surface area contributed by atoms with Gasteiger partial charge >= 0.3 is 11.9 Å². The van der Waals surface area contributed by atoms with Crippen LogP contribution in [0.25, 0.3) is 0 Å². The molecule has 0 aliphatic carbocycles. The second-order valence-corrected chi connectivity index (χ2v) is 16.3. The van der Waals surface area contributed by atoms with Gasteiger partial charge in [-0.15, -0.1) is 0 Å². The highest BCUT2D eigenvalue weighted by atomic mass is 16.6. The second-order valence-electron chi connectivity index (χ2n) is 16.3. The molecule has 54 heavy (non-hydrogen) atoms. The second kappa shape index (κ2) is 37.7. The Balaban J connectivity index is 4.22. The average molecular weight is 764 g/mol. The fraction of sp³-hybridized carbons (Fsp3) is 0.848. The highest BCUT2D eigenvalue weighted by Gasteiger charge is 2.25. The molecule has 0 aromatic rings. The molecule has 0 aliphatic heterocycles. The summed E-state index contributed by atoms with van der Waals surface area (Å²) in [6.07, 6.45) is 40.7. The third kappa shape index (κ3) is 35.5. The molecular formula is C46H85NO7. The summed E-state index contributed by atoms with van der Waals surface area (Å²) in [5.41, 5.74) is 0. The van der Waals surface area contributed by atoms with Crippen molar-refractivity contribution in [2.75, 3.05) is 41.0 Å². The number of carbonyl (C=O) groups is 3. The zero-order chi connectivity index (χ0) is 40.0. The zero-order valence-corrected chi connectivity index (χ0v) is 35.9. The van der Waals surface area contributed by atoms with E-state index in [0.717, 1.165) is 51.4 Å². The molecule has 0 heterocycles. The maximum atomic E-state index is 12.7. The Kier molecular flexibility index (Phi) is 36.2. The molecule has 2 atom stereocenters. The first-order chi connectivity index (χ1) is 26.1. The Labute approximate surface area is 332 Å². The molecule has 0 radical (unpaired) electrons. The van der Waals surface area contributed by atoms with Crippen molar-refractivity contribution >= 4 is 17.9 Å². The quantitative estimate of drug-likeness (QED) is 0.0265. The van der Waals surface area contributed by atoms with Crippen LogP contribution in [0.1, 0.15) is 200 Å². The van der Waals surface area contributed by atoms with Gasteiger partial charge in [0.1, 0.15) is 12.6 Å². The molecule has 8 heteroatoms. The molecule has 0 N–H and O–H groups in total. The smallest absolute Gasteiger partial charge is 0.306 e. The van der Waals surface area contributed by atoms with Crippen LogP contribution in [0, 0.1) is 0 Å². The number of carbonyl (C=O) groups excluding carboxylic acids is 3. The third-order valence-corrected chi connectivity index (χ3v) is 10.1. The van der Waals surface area contributed by atoms with E-state index in [0.29, 0.717) is 12.8 Å². The standard InChI is InChI=1S/C46H85NO7/c1-6-8-10-12-14-16-17-18-19-20-21-22-23-24-25-26-27-28-29-31-33-35-37-45(49)54-42(40-52-39-38-43(46(50)51)47(3,4)5)41-53-44(48)36-34-32-30-15-13-11-9-7-2/h20-21,23-24,42-43H,6-19,22,25-41H2,1-5H3/b21-20+,24-23+. The summed E-state index contributed by atoms with van der Waals surface area (Å²) in [6, 6.07) is -0.723. The van der Waals surface area contributed by atoms with Crippen molar-refractivity contribution in [1.29, 1.82) is 0 Å². The molecule has 8 nitrogen and oxygen atoms in total. The Morgan fingerprint density at radius 2 is 0.981 bits per heavy atom. The van der Waals surface area contributed by atoms with E-state index < -0.39 is 18.1 Å². The molecule has 0 rings (SSSR count). The Morgan fingerprint density at radius 3 is 1.43 bits per heavy atom. The van der Waals surface area contributed by atoms with Crippen LogP contribution in [-0.2, 0) is 28.6 Å². The summed E-state index contributed by atoms with van der Waals surface area (Å²) in [6.45, 7) is 4.63. The minimum Gasteiger partial charge on any atom is -0.544 e. The Bertz CT molecular complexity index is 942. The van der Waals surface area contributed by atoms with Crippen molar-refractivity contribution < 1.29 is 38.2 Å². The van der Waals surface area contributed by atoms with Crippen molar-refractivity contribution in [1.82, 2.24) is 0 Å². The van der Waals surface area contributed by atoms with Crippen LogP contribution in [0.4, 0.5) is 0 Å². The predicted octanol–water partition coefficient (Wildman–Crippen LogP) is 10.7. The summed E-state index contributed by atoms with van der Waals surface area (Å²) < 4.78 is 17.1. The first-order valence-electron chi connectivity index (χ1n) is 22.4. The number of aliphatic carboxylic acids is 1. The van der Waals surface area contributed by atoms with Gasteiger partial charge in [0.05, 0.1) is 40.3 Å². The van der Waals surface area contributed by atoms with Gasteiger partial charge in [-0.3, -0.25) is 9.59 Å². The van der Waals surface area contributed by atoms with Gasteiger partial charge in [0, 0.05) is 19.3 Å². The molecule has 0 bridgehead atoms. The lowest BCUT2D eigenvalue weighted by atomic mass is 10.1. The molecule has 0 saturated carbocycles. The number of hydrogen-bond acceptors (Lipinski definition) is 7. The molecular weight excluding hydrogens is 679 g/mol. The molecule has 0 saturated heterocycles. The van der Waals surface area contributed by atoms with Gasteiger partial charge in [0.25, 0.3) is 0 Å². The van der Waals surface area contributed by atoms with Gasteiger partial charge in [-0.25, -0.2) is 0 Å². The van der Waals surface area contributed by atoms with Gasteiger partial charge in [-0.2, -0.15) is 0 Å². The largest absolute Gasteiger partial charge is 0.544 e. The molecule has 0 aromatic heterocycles. The number of ether oxygens (including phenoxy) is 3. The average Bonchev–Trinajstić information content (AvgIpc) is 3.12. The van der Waals surface area contributed by atoms with Gasteiger partial charge in [0.15, 0.2) is 6.10 Å². The van der Waals surface area contributed by atoms with E-state index in [4.69, 9.17) is 14.2 Å². The molecule has 0 amide bonds. The zero-order valence-electron chi connectivity index (χ0n) is 35.9. The lowest BCUT2D eigenvalue weighted by molar-refractivity contribution is -0.889. The van der Waals surface area contributed by atoms with E-state index in [1.807, 2.05) is 0 Å². The summed E-state index contributed by atoms with van der Waals surface area (Å²) in [5.74, 6) is -1.74. The third-order valence-electron chi connectivity index (χ3n) is 10.1. The predicted molar refractivity (Wildman–Crippen MR) is 222 cm³/mol. The number of rotatable bonds is 40. The van der Waals surface area contributed by atoms with E-state index >= 15 is 0 Å².